The normalized spacial score (nSPS) is 17.4. The first-order chi connectivity index (χ1) is 11.0. The molecule has 0 aliphatic carbocycles. The number of amides is 2. The van der Waals surface area contributed by atoms with Gasteiger partial charge in [0, 0.05) is 32.7 Å². The second-order valence-electron chi connectivity index (χ2n) is 5.40. The van der Waals surface area contributed by atoms with Crippen molar-refractivity contribution < 1.29 is 19.1 Å². The summed E-state index contributed by atoms with van der Waals surface area (Å²) in [6, 6.07) is 4.98. The number of hydrogen-bond donors (Lipinski definition) is 2. The molecule has 7 nitrogen and oxygen atoms in total. The van der Waals surface area contributed by atoms with Crippen molar-refractivity contribution in [2.45, 2.75) is 13.0 Å². The van der Waals surface area contributed by atoms with E-state index in [-0.39, 0.29) is 11.8 Å². The van der Waals surface area contributed by atoms with E-state index in [1.165, 1.54) is 4.90 Å². The first-order valence-corrected chi connectivity index (χ1v) is 7.64. The highest BCUT2D eigenvalue weighted by atomic mass is 16.5. The number of hydrogen-bond acceptors (Lipinski definition) is 5. The lowest BCUT2D eigenvalue weighted by Gasteiger charge is -2.23. The molecule has 0 radical (unpaired) electrons. The lowest BCUT2D eigenvalue weighted by atomic mass is 10.1. The number of nitrogens with zero attached hydrogens (tertiary/aromatic N) is 1. The first kappa shape index (κ1) is 17.2. The SMILES string of the molecule is CCOc1cc(C(=O)N(C)C)ccc1NC(=O)C1CNCCO1. The second kappa shape index (κ2) is 7.94. The van der Waals surface area contributed by atoms with Crippen LogP contribution in [0.3, 0.4) is 0 Å². The molecule has 1 unspecified atom stereocenters. The molecule has 0 spiro atoms. The third-order valence-corrected chi connectivity index (χ3v) is 3.41. The van der Waals surface area contributed by atoms with Crippen LogP contribution in [0.2, 0.25) is 0 Å². The molecule has 7 heteroatoms. The van der Waals surface area contributed by atoms with Crippen molar-refractivity contribution in [3.63, 3.8) is 0 Å². The predicted octanol–water partition coefficient (Wildman–Crippen LogP) is 0.714. The molecule has 1 fully saturated rings. The van der Waals surface area contributed by atoms with Gasteiger partial charge in [0.15, 0.2) is 0 Å². The average molecular weight is 321 g/mol. The Morgan fingerprint density at radius 2 is 2.22 bits per heavy atom. The summed E-state index contributed by atoms with van der Waals surface area (Å²) in [4.78, 5) is 25.8. The Morgan fingerprint density at radius 3 is 2.83 bits per heavy atom. The van der Waals surface area contributed by atoms with Gasteiger partial charge in [0.05, 0.1) is 18.9 Å². The fourth-order valence-corrected chi connectivity index (χ4v) is 2.24. The molecule has 1 aromatic rings. The van der Waals surface area contributed by atoms with Gasteiger partial charge in [-0.1, -0.05) is 0 Å². The highest BCUT2D eigenvalue weighted by molar-refractivity contribution is 5.98. The summed E-state index contributed by atoms with van der Waals surface area (Å²) in [7, 11) is 3.37. The zero-order valence-corrected chi connectivity index (χ0v) is 13.7. The van der Waals surface area contributed by atoms with Crippen LogP contribution >= 0.6 is 0 Å². The Hall–Kier alpha value is -2.12. The van der Waals surface area contributed by atoms with Crippen molar-refractivity contribution >= 4 is 17.5 Å². The quantitative estimate of drug-likeness (QED) is 0.835. The molecule has 0 aromatic heterocycles. The molecule has 2 N–H and O–H groups in total. The van der Waals surface area contributed by atoms with Crippen LogP contribution < -0.4 is 15.4 Å². The molecular weight excluding hydrogens is 298 g/mol. The topological polar surface area (TPSA) is 79.9 Å². The maximum absolute atomic E-state index is 12.2. The summed E-state index contributed by atoms with van der Waals surface area (Å²) in [5, 5.41) is 5.92. The number of carbonyl (C=O) groups excluding carboxylic acids is 2. The summed E-state index contributed by atoms with van der Waals surface area (Å²) in [5.74, 6) is 0.116. The third kappa shape index (κ3) is 4.43. The van der Waals surface area contributed by atoms with E-state index in [1.54, 1.807) is 32.3 Å². The lowest BCUT2D eigenvalue weighted by Crippen LogP contribution is -2.45. The molecular formula is C16H23N3O4. The third-order valence-electron chi connectivity index (χ3n) is 3.41. The van der Waals surface area contributed by atoms with Gasteiger partial charge >= 0.3 is 0 Å². The summed E-state index contributed by atoms with van der Waals surface area (Å²) in [5.41, 5.74) is 1.04. The van der Waals surface area contributed by atoms with E-state index in [1.807, 2.05) is 6.92 Å². The monoisotopic (exact) mass is 321 g/mol. The Morgan fingerprint density at radius 1 is 1.43 bits per heavy atom. The molecule has 23 heavy (non-hydrogen) atoms. The van der Waals surface area contributed by atoms with Gasteiger partial charge in [-0.05, 0) is 25.1 Å². The fraction of sp³-hybridized carbons (Fsp3) is 0.500. The van der Waals surface area contributed by atoms with Crippen molar-refractivity contribution in [3.8, 4) is 5.75 Å². The predicted molar refractivity (Wildman–Crippen MR) is 86.9 cm³/mol. The molecule has 126 valence electrons. The van der Waals surface area contributed by atoms with Crippen LogP contribution in [0, 0.1) is 0 Å². The van der Waals surface area contributed by atoms with Crippen LogP contribution in [0.1, 0.15) is 17.3 Å². The van der Waals surface area contributed by atoms with Crippen LogP contribution in [0.5, 0.6) is 5.75 Å². The maximum Gasteiger partial charge on any atom is 0.254 e. The van der Waals surface area contributed by atoms with Crippen LogP contribution in [0.4, 0.5) is 5.69 Å². The molecule has 0 saturated carbocycles. The van der Waals surface area contributed by atoms with E-state index in [4.69, 9.17) is 9.47 Å². The number of morpholine rings is 1. The van der Waals surface area contributed by atoms with Crippen molar-refractivity contribution in [3.05, 3.63) is 23.8 Å². The minimum Gasteiger partial charge on any atom is -0.492 e. The highest BCUT2D eigenvalue weighted by Crippen LogP contribution is 2.27. The highest BCUT2D eigenvalue weighted by Gasteiger charge is 2.23. The maximum atomic E-state index is 12.2. The van der Waals surface area contributed by atoms with Gasteiger partial charge in [-0.15, -0.1) is 0 Å². The average Bonchev–Trinajstić information content (AvgIpc) is 2.56. The molecule has 2 amide bonds. The van der Waals surface area contributed by atoms with Gasteiger partial charge in [0.1, 0.15) is 11.9 Å². The van der Waals surface area contributed by atoms with E-state index in [2.05, 4.69) is 10.6 Å². The number of nitrogens with one attached hydrogen (secondary N) is 2. The zero-order valence-electron chi connectivity index (χ0n) is 13.7. The Labute approximate surface area is 135 Å². The van der Waals surface area contributed by atoms with E-state index in [0.29, 0.717) is 36.8 Å². The summed E-state index contributed by atoms with van der Waals surface area (Å²) in [6.07, 6.45) is -0.527. The van der Waals surface area contributed by atoms with Crippen LogP contribution in [-0.4, -0.2) is 63.2 Å². The van der Waals surface area contributed by atoms with E-state index in [0.717, 1.165) is 6.54 Å². The van der Waals surface area contributed by atoms with Crippen molar-refractivity contribution in [2.24, 2.45) is 0 Å². The molecule has 1 aromatic carbocycles. The standard InChI is InChI=1S/C16H23N3O4/c1-4-22-13-9-11(16(21)19(2)3)5-6-12(13)18-15(20)14-10-17-7-8-23-14/h5-6,9,14,17H,4,7-8,10H2,1-3H3,(H,18,20). The Bertz CT molecular complexity index is 568. The van der Waals surface area contributed by atoms with Gasteiger partial charge in [0.2, 0.25) is 0 Å². The van der Waals surface area contributed by atoms with Crippen molar-refractivity contribution in [1.29, 1.82) is 0 Å². The van der Waals surface area contributed by atoms with Gasteiger partial charge in [0.25, 0.3) is 11.8 Å². The van der Waals surface area contributed by atoms with Crippen LogP contribution in [0.15, 0.2) is 18.2 Å². The number of anilines is 1. The lowest BCUT2D eigenvalue weighted by molar-refractivity contribution is -0.128. The first-order valence-electron chi connectivity index (χ1n) is 7.64. The largest absolute Gasteiger partial charge is 0.492 e. The fourth-order valence-electron chi connectivity index (χ4n) is 2.24. The van der Waals surface area contributed by atoms with Gasteiger partial charge in [-0.25, -0.2) is 0 Å². The molecule has 1 aliphatic rings. The zero-order chi connectivity index (χ0) is 16.8. The van der Waals surface area contributed by atoms with Crippen molar-refractivity contribution in [1.82, 2.24) is 10.2 Å². The Kier molecular flexibility index (Phi) is 5.95. The smallest absolute Gasteiger partial charge is 0.254 e. The van der Waals surface area contributed by atoms with Crippen LogP contribution in [-0.2, 0) is 9.53 Å². The Balaban J connectivity index is 2.16. The van der Waals surface area contributed by atoms with Gasteiger partial charge in [-0.2, -0.15) is 0 Å². The van der Waals surface area contributed by atoms with E-state index in [9.17, 15) is 9.59 Å². The number of rotatable bonds is 5. The number of benzene rings is 1. The van der Waals surface area contributed by atoms with Crippen molar-refractivity contribution in [2.75, 3.05) is 45.7 Å². The molecule has 0 bridgehead atoms. The number of ether oxygens (including phenoxy) is 2. The van der Waals surface area contributed by atoms with Gasteiger partial charge in [-0.3, -0.25) is 9.59 Å². The molecule has 1 atom stereocenters. The molecule has 1 heterocycles. The second-order valence-corrected chi connectivity index (χ2v) is 5.40. The molecule has 2 rings (SSSR count). The van der Waals surface area contributed by atoms with E-state index >= 15 is 0 Å². The number of carbonyl (C=O) groups is 2. The van der Waals surface area contributed by atoms with E-state index < -0.39 is 6.10 Å². The molecule has 1 saturated heterocycles. The van der Waals surface area contributed by atoms with Crippen LogP contribution in [0.25, 0.3) is 0 Å². The minimum absolute atomic E-state index is 0.122. The minimum atomic E-state index is -0.527. The molecule has 1 aliphatic heterocycles. The summed E-state index contributed by atoms with van der Waals surface area (Å²) >= 11 is 0. The summed E-state index contributed by atoms with van der Waals surface area (Å²) < 4.78 is 11.0. The summed E-state index contributed by atoms with van der Waals surface area (Å²) in [6.45, 7) is 4.01. The van der Waals surface area contributed by atoms with Gasteiger partial charge < -0.3 is 25.0 Å².